The Bertz CT molecular complexity index is 861. The highest BCUT2D eigenvalue weighted by molar-refractivity contribution is 6.14. The molecule has 1 aromatic heterocycles. The van der Waals surface area contributed by atoms with Gasteiger partial charge in [0, 0.05) is 16.7 Å². The highest BCUT2D eigenvalue weighted by Crippen LogP contribution is 2.33. The fourth-order valence-corrected chi connectivity index (χ4v) is 3.20. The summed E-state index contributed by atoms with van der Waals surface area (Å²) >= 11 is 0. The van der Waals surface area contributed by atoms with Gasteiger partial charge in [-0.05, 0) is 25.7 Å². The number of hydrogen-bond donors (Lipinski definition) is 0. The standard InChI is InChI=1S/C22H19NO2/c24-21(17-12-6-2-7-13-17)19-20(16-10-4-1-5-11-16)23-25-22(19)18-14-8-3-9-15-18/h2,4,6-8,10-15H,1,3,5,9H2. The average molecular weight is 329 g/mol. The van der Waals surface area contributed by atoms with Crippen molar-refractivity contribution in [2.45, 2.75) is 25.7 Å². The van der Waals surface area contributed by atoms with Crippen LogP contribution in [0.2, 0.25) is 0 Å². The van der Waals surface area contributed by atoms with Crippen LogP contribution in [0.1, 0.15) is 53.1 Å². The normalized spacial score (nSPS) is 16.5. The fourth-order valence-electron chi connectivity index (χ4n) is 3.20. The predicted molar refractivity (Wildman–Crippen MR) is 99.1 cm³/mol. The van der Waals surface area contributed by atoms with E-state index in [9.17, 15) is 4.79 Å². The molecule has 0 amide bonds. The Kier molecular flexibility index (Phi) is 4.30. The van der Waals surface area contributed by atoms with Gasteiger partial charge in [-0.1, -0.05) is 71.9 Å². The second-order valence-corrected chi connectivity index (χ2v) is 6.21. The van der Waals surface area contributed by atoms with E-state index in [1.54, 1.807) is 0 Å². The number of ketones is 1. The first-order chi connectivity index (χ1) is 12.3. The third kappa shape index (κ3) is 3.05. The molecule has 124 valence electrons. The van der Waals surface area contributed by atoms with Gasteiger partial charge in [0.05, 0.1) is 5.56 Å². The molecule has 0 atom stereocenters. The fraction of sp³-hybridized carbons (Fsp3) is 0.182. The zero-order valence-corrected chi connectivity index (χ0v) is 13.9. The maximum absolute atomic E-state index is 13.2. The van der Waals surface area contributed by atoms with Gasteiger partial charge in [0.2, 0.25) is 0 Å². The van der Waals surface area contributed by atoms with E-state index >= 15 is 0 Å². The molecule has 0 saturated carbocycles. The lowest BCUT2D eigenvalue weighted by Gasteiger charge is -2.09. The topological polar surface area (TPSA) is 43.1 Å². The molecule has 2 aromatic rings. The number of aromatic nitrogens is 1. The van der Waals surface area contributed by atoms with Crippen LogP contribution in [0.4, 0.5) is 0 Å². The third-order valence-corrected chi connectivity index (χ3v) is 4.48. The minimum atomic E-state index is -0.0494. The van der Waals surface area contributed by atoms with E-state index in [2.05, 4.69) is 29.5 Å². The van der Waals surface area contributed by atoms with Crippen LogP contribution in [0, 0.1) is 0 Å². The Morgan fingerprint density at radius 3 is 2.20 bits per heavy atom. The summed E-state index contributed by atoms with van der Waals surface area (Å²) in [5, 5.41) is 4.27. The van der Waals surface area contributed by atoms with Gasteiger partial charge >= 0.3 is 0 Å². The lowest BCUT2D eigenvalue weighted by atomic mass is 9.92. The van der Waals surface area contributed by atoms with Gasteiger partial charge in [0.15, 0.2) is 11.5 Å². The molecule has 0 unspecified atom stereocenters. The Balaban J connectivity index is 1.86. The van der Waals surface area contributed by atoms with Crippen LogP contribution < -0.4 is 0 Å². The molecule has 0 radical (unpaired) electrons. The lowest BCUT2D eigenvalue weighted by Crippen LogP contribution is -2.06. The summed E-state index contributed by atoms with van der Waals surface area (Å²) in [6.07, 6.45) is 16.4. The summed E-state index contributed by atoms with van der Waals surface area (Å²) in [7, 11) is 0. The average Bonchev–Trinajstić information content (AvgIpc) is 3.14. The second kappa shape index (κ2) is 6.89. The summed E-state index contributed by atoms with van der Waals surface area (Å²) in [5.41, 5.74) is 3.74. The van der Waals surface area contributed by atoms with Crippen LogP contribution in [0.5, 0.6) is 0 Å². The summed E-state index contributed by atoms with van der Waals surface area (Å²) in [4.78, 5) is 13.2. The summed E-state index contributed by atoms with van der Waals surface area (Å²) in [6, 6.07) is 9.32. The maximum Gasteiger partial charge on any atom is 0.199 e. The molecule has 2 aliphatic rings. The molecule has 0 bridgehead atoms. The van der Waals surface area contributed by atoms with Crippen LogP contribution in [-0.2, 0) is 0 Å². The molecule has 1 aromatic carbocycles. The van der Waals surface area contributed by atoms with Gasteiger partial charge in [-0.2, -0.15) is 0 Å². The highest BCUT2D eigenvalue weighted by Gasteiger charge is 2.27. The monoisotopic (exact) mass is 329 g/mol. The Hall–Kier alpha value is -2.94. The largest absolute Gasteiger partial charge is 0.355 e. The first-order valence-electron chi connectivity index (χ1n) is 8.68. The number of nitrogens with zero attached hydrogens (tertiary/aromatic N) is 1. The van der Waals surface area contributed by atoms with Crippen molar-refractivity contribution in [3.8, 4) is 0 Å². The van der Waals surface area contributed by atoms with Crippen LogP contribution in [0.25, 0.3) is 11.1 Å². The zero-order chi connectivity index (χ0) is 17.1. The Morgan fingerprint density at radius 1 is 0.880 bits per heavy atom. The van der Waals surface area contributed by atoms with Gasteiger partial charge in [-0.3, -0.25) is 4.79 Å². The summed E-state index contributed by atoms with van der Waals surface area (Å²) < 4.78 is 5.67. The number of carbonyl (C=O) groups excluding carboxylic acids is 1. The molecule has 0 aliphatic heterocycles. The molecular weight excluding hydrogens is 310 g/mol. The quantitative estimate of drug-likeness (QED) is 0.708. The summed E-state index contributed by atoms with van der Waals surface area (Å²) in [5.74, 6) is 0.520. The Labute approximate surface area is 147 Å². The molecule has 2 aliphatic carbocycles. The van der Waals surface area contributed by atoms with Gasteiger partial charge in [0.25, 0.3) is 0 Å². The molecule has 3 nitrogen and oxygen atoms in total. The summed E-state index contributed by atoms with van der Waals surface area (Å²) in [6.45, 7) is 0. The van der Waals surface area contributed by atoms with E-state index in [0.29, 0.717) is 22.6 Å². The number of allylic oxidation sites excluding steroid dienone is 8. The number of rotatable bonds is 4. The molecule has 0 saturated heterocycles. The van der Waals surface area contributed by atoms with E-state index in [4.69, 9.17) is 4.52 Å². The van der Waals surface area contributed by atoms with E-state index in [0.717, 1.165) is 36.8 Å². The van der Waals surface area contributed by atoms with Gasteiger partial charge in [0.1, 0.15) is 5.69 Å². The van der Waals surface area contributed by atoms with Crippen molar-refractivity contribution in [3.63, 3.8) is 0 Å². The third-order valence-electron chi connectivity index (χ3n) is 4.48. The molecule has 3 heteroatoms. The highest BCUT2D eigenvalue weighted by atomic mass is 16.5. The van der Waals surface area contributed by atoms with Crippen LogP contribution in [0.15, 0.2) is 71.3 Å². The number of carbonyl (C=O) groups is 1. The van der Waals surface area contributed by atoms with E-state index in [1.807, 2.05) is 42.5 Å². The van der Waals surface area contributed by atoms with Crippen molar-refractivity contribution < 1.29 is 9.32 Å². The molecular formula is C22H19NO2. The first-order valence-corrected chi connectivity index (χ1v) is 8.68. The minimum Gasteiger partial charge on any atom is -0.355 e. The van der Waals surface area contributed by atoms with Gasteiger partial charge < -0.3 is 4.52 Å². The van der Waals surface area contributed by atoms with E-state index in [-0.39, 0.29) is 5.78 Å². The van der Waals surface area contributed by atoms with Gasteiger partial charge in [-0.15, -0.1) is 0 Å². The number of hydrogen-bond acceptors (Lipinski definition) is 3. The minimum absolute atomic E-state index is 0.0494. The predicted octanol–water partition coefficient (Wildman–Crippen LogP) is 5.37. The van der Waals surface area contributed by atoms with Crippen molar-refractivity contribution in [1.29, 1.82) is 0 Å². The van der Waals surface area contributed by atoms with Crippen LogP contribution in [-0.4, -0.2) is 10.9 Å². The molecule has 0 fully saturated rings. The van der Waals surface area contributed by atoms with Crippen molar-refractivity contribution in [3.05, 3.63) is 89.4 Å². The molecule has 4 rings (SSSR count). The molecule has 1 heterocycles. The zero-order valence-electron chi connectivity index (χ0n) is 13.9. The SMILES string of the molecule is O=C(c1ccccc1)c1c(C2=CCCC=C2)noc1C1=CCCC=C1. The van der Waals surface area contributed by atoms with Crippen molar-refractivity contribution >= 4 is 16.9 Å². The van der Waals surface area contributed by atoms with Crippen molar-refractivity contribution in [2.24, 2.45) is 0 Å². The van der Waals surface area contributed by atoms with Crippen LogP contribution >= 0.6 is 0 Å². The van der Waals surface area contributed by atoms with E-state index in [1.165, 1.54) is 0 Å². The van der Waals surface area contributed by atoms with E-state index < -0.39 is 0 Å². The van der Waals surface area contributed by atoms with Gasteiger partial charge in [-0.25, -0.2) is 0 Å². The smallest absolute Gasteiger partial charge is 0.199 e. The lowest BCUT2D eigenvalue weighted by molar-refractivity contribution is 0.103. The van der Waals surface area contributed by atoms with Crippen molar-refractivity contribution in [2.75, 3.05) is 0 Å². The second-order valence-electron chi connectivity index (χ2n) is 6.21. The Morgan fingerprint density at radius 2 is 1.56 bits per heavy atom. The molecule has 25 heavy (non-hydrogen) atoms. The molecule has 0 N–H and O–H groups in total. The first kappa shape index (κ1) is 15.6. The maximum atomic E-state index is 13.2. The van der Waals surface area contributed by atoms with Crippen molar-refractivity contribution in [1.82, 2.24) is 5.16 Å². The molecule has 0 spiro atoms. The number of benzene rings is 1. The van der Waals surface area contributed by atoms with Crippen LogP contribution in [0.3, 0.4) is 0 Å².